The van der Waals surface area contributed by atoms with E-state index in [1.54, 1.807) is 0 Å². The van der Waals surface area contributed by atoms with Gasteiger partial charge >= 0.3 is 0 Å². The Balaban J connectivity index is 2.17. The first-order chi connectivity index (χ1) is 8.09. The molecule has 1 fully saturated rings. The highest BCUT2D eigenvalue weighted by Crippen LogP contribution is 2.25. The van der Waals surface area contributed by atoms with Gasteiger partial charge in [-0.15, -0.1) is 0 Å². The first kappa shape index (κ1) is 11.8. The molecule has 1 atom stereocenters. The Bertz CT molecular complexity index is 445. The summed E-state index contributed by atoms with van der Waals surface area (Å²) < 4.78 is 31.5. The van der Waals surface area contributed by atoms with Crippen molar-refractivity contribution in [3.63, 3.8) is 0 Å². The molecule has 1 aliphatic rings. The number of rotatable bonds is 2. The van der Waals surface area contributed by atoms with Crippen molar-refractivity contribution < 1.29 is 18.3 Å². The second kappa shape index (κ2) is 4.67. The molecule has 1 saturated heterocycles. The van der Waals surface area contributed by atoms with Crippen molar-refractivity contribution in [2.24, 2.45) is 0 Å². The summed E-state index contributed by atoms with van der Waals surface area (Å²) in [4.78, 5) is 11.6. The Hall–Kier alpha value is -1.69. The molecule has 1 amide bonds. The molecule has 1 aliphatic heterocycles. The molecular formula is C11H12F2N2O2. The van der Waals surface area contributed by atoms with Crippen LogP contribution >= 0.6 is 0 Å². The highest BCUT2D eigenvalue weighted by molar-refractivity contribution is 5.97. The smallest absolute Gasteiger partial charge is 0.253 e. The van der Waals surface area contributed by atoms with Gasteiger partial charge in [0.25, 0.3) is 5.91 Å². The van der Waals surface area contributed by atoms with E-state index < -0.39 is 23.6 Å². The van der Waals surface area contributed by atoms with Gasteiger partial charge in [-0.05, 0) is 25.0 Å². The van der Waals surface area contributed by atoms with Crippen LogP contribution in [-0.4, -0.2) is 18.6 Å². The topological polar surface area (TPSA) is 64.3 Å². The molecule has 6 heteroatoms. The van der Waals surface area contributed by atoms with Gasteiger partial charge in [0.15, 0.2) is 11.6 Å². The molecular weight excluding hydrogens is 230 g/mol. The predicted molar refractivity (Wildman–Crippen MR) is 58.4 cm³/mol. The first-order valence-electron chi connectivity index (χ1n) is 5.25. The quantitative estimate of drug-likeness (QED) is 0.775. The van der Waals surface area contributed by atoms with Crippen LogP contribution in [0.4, 0.5) is 20.2 Å². The maximum atomic E-state index is 13.4. The molecule has 1 unspecified atom stereocenters. The number of ether oxygens (including phenoxy) is 1. The molecule has 0 aliphatic carbocycles. The predicted octanol–water partition coefficient (Wildman–Crippen LogP) is 1.66. The summed E-state index contributed by atoms with van der Waals surface area (Å²) in [6.07, 6.45) is 0.735. The number of nitrogens with two attached hydrogens (primary N) is 1. The minimum absolute atomic E-state index is 0.0183. The molecule has 0 radical (unpaired) electrons. The highest BCUT2D eigenvalue weighted by Gasteiger charge is 2.25. The Kier molecular flexibility index (Phi) is 3.23. The summed E-state index contributed by atoms with van der Waals surface area (Å²) in [6.45, 7) is 0.499. The fourth-order valence-electron chi connectivity index (χ4n) is 1.68. The Morgan fingerprint density at radius 3 is 2.88 bits per heavy atom. The number of nitrogens with one attached hydrogen (secondary N) is 1. The van der Waals surface area contributed by atoms with Crippen LogP contribution in [-0.2, 0) is 9.53 Å². The molecule has 1 aromatic rings. The average Bonchev–Trinajstić information content (AvgIpc) is 2.83. The maximum Gasteiger partial charge on any atom is 0.253 e. The van der Waals surface area contributed by atoms with Crippen LogP contribution in [0.15, 0.2) is 12.1 Å². The van der Waals surface area contributed by atoms with Crippen LogP contribution in [0.1, 0.15) is 12.8 Å². The lowest BCUT2D eigenvalue weighted by Crippen LogP contribution is -2.27. The largest absolute Gasteiger partial charge is 0.397 e. The zero-order chi connectivity index (χ0) is 12.4. The van der Waals surface area contributed by atoms with E-state index in [1.807, 2.05) is 0 Å². The number of amides is 1. The number of hydrogen-bond donors (Lipinski definition) is 2. The second-order valence-corrected chi connectivity index (χ2v) is 3.82. The van der Waals surface area contributed by atoms with Gasteiger partial charge in [-0.2, -0.15) is 0 Å². The Morgan fingerprint density at radius 2 is 2.24 bits per heavy atom. The summed E-state index contributed by atoms with van der Waals surface area (Å²) in [5.41, 5.74) is 5.13. The lowest BCUT2D eigenvalue weighted by molar-refractivity contribution is -0.124. The Labute approximate surface area is 96.7 Å². The normalized spacial score (nSPS) is 19.3. The van der Waals surface area contributed by atoms with E-state index in [-0.39, 0.29) is 11.4 Å². The lowest BCUT2D eigenvalue weighted by Gasteiger charge is -2.13. The van der Waals surface area contributed by atoms with Crippen LogP contribution in [0.25, 0.3) is 0 Å². The van der Waals surface area contributed by atoms with E-state index in [0.29, 0.717) is 13.0 Å². The summed E-state index contributed by atoms with van der Waals surface area (Å²) in [6, 6.07) is 2.11. The SMILES string of the molecule is Nc1ccc(F)c(F)c1NC(=O)C1CCCO1. The van der Waals surface area contributed by atoms with Gasteiger partial charge in [-0.3, -0.25) is 4.79 Å². The van der Waals surface area contributed by atoms with Crippen molar-refractivity contribution in [3.05, 3.63) is 23.8 Å². The number of carbonyl (C=O) groups is 1. The molecule has 17 heavy (non-hydrogen) atoms. The van der Waals surface area contributed by atoms with Crippen LogP contribution in [0.3, 0.4) is 0 Å². The van der Waals surface area contributed by atoms with Crippen LogP contribution in [0.2, 0.25) is 0 Å². The van der Waals surface area contributed by atoms with Crippen molar-refractivity contribution in [2.75, 3.05) is 17.7 Å². The number of carbonyl (C=O) groups excluding carboxylic acids is 1. The van der Waals surface area contributed by atoms with Crippen LogP contribution in [0.5, 0.6) is 0 Å². The van der Waals surface area contributed by atoms with Crippen LogP contribution < -0.4 is 11.1 Å². The van der Waals surface area contributed by atoms with Gasteiger partial charge < -0.3 is 15.8 Å². The summed E-state index contributed by atoms with van der Waals surface area (Å²) in [5, 5.41) is 2.26. The first-order valence-corrected chi connectivity index (χ1v) is 5.25. The molecule has 4 nitrogen and oxygen atoms in total. The molecule has 2 rings (SSSR count). The number of hydrogen-bond acceptors (Lipinski definition) is 3. The molecule has 0 saturated carbocycles. The number of benzene rings is 1. The molecule has 1 heterocycles. The molecule has 1 aromatic carbocycles. The van der Waals surface area contributed by atoms with Gasteiger partial charge in [-0.1, -0.05) is 0 Å². The minimum Gasteiger partial charge on any atom is -0.397 e. The van der Waals surface area contributed by atoms with Gasteiger partial charge in [0.05, 0.1) is 5.69 Å². The van der Waals surface area contributed by atoms with E-state index in [2.05, 4.69) is 5.32 Å². The van der Waals surface area contributed by atoms with Gasteiger partial charge in [0.1, 0.15) is 11.8 Å². The fourth-order valence-corrected chi connectivity index (χ4v) is 1.68. The second-order valence-electron chi connectivity index (χ2n) is 3.82. The maximum absolute atomic E-state index is 13.4. The molecule has 0 bridgehead atoms. The monoisotopic (exact) mass is 242 g/mol. The standard InChI is InChI=1S/C11H12F2N2O2/c12-6-3-4-7(14)10(9(6)13)15-11(16)8-2-1-5-17-8/h3-4,8H,1-2,5,14H2,(H,15,16). The highest BCUT2D eigenvalue weighted by atomic mass is 19.2. The average molecular weight is 242 g/mol. The van der Waals surface area contributed by atoms with Crippen LogP contribution in [0, 0.1) is 11.6 Å². The summed E-state index contributed by atoms with van der Waals surface area (Å²) in [7, 11) is 0. The van der Waals surface area contributed by atoms with Crippen molar-refractivity contribution in [1.82, 2.24) is 0 Å². The zero-order valence-electron chi connectivity index (χ0n) is 9.00. The van der Waals surface area contributed by atoms with E-state index >= 15 is 0 Å². The third kappa shape index (κ3) is 2.36. The number of halogens is 2. The summed E-state index contributed by atoms with van der Waals surface area (Å²) >= 11 is 0. The van der Waals surface area contributed by atoms with Gasteiger partial charge in [0, 0.05) is 6.61 Å². The number of anilines is 2. The Morgan fingerprint density at radius 1 is 1.47 bits per heavy atom. The molecule has 0 spiro atoms. The minimum atomic E-state index is -1.16. The fraction of sp³-hybridized carbons (Fsp3) is 0.364. The van der Waals surface area contributed by atoms with E-state index in [1.165, 1.54) is 6.07 Å². The van der Waals surface area contributed by atoms with Gasteiger partial charge in [0.2, 0.25) is 0 Å². The van der Waals surface area contributed by atoms with Gasteiger partial charge in [-0.25, -0.2) is 8.78 Å². The third-order valence-corrected chi connectivity index (χ3v) is 2.60. The summed E-state index contributed by atoms with van der Waals surface area (Å²) in [5.74, 6) is -2.71. The van der Waals surface area contributed by atoms with E-state index in [9.17, 15) is 13.6 Å². The third-order valence-electron chi connectivity index (χ3n) is 2.60. The van der Waals surface area contributed by atoms with Crippen molar-refractivity contribution in [3.8, 4) is 0 Å². The van der Waals surface area contributed by atoms with Crippen molar-refractivity contribution >= 4 is 17.3 Å². The van der Waals surface area contributed by atoms with Crippen molar-refractivity contribution in [2.45, 2.75) is 18.9 Å². The lowest BCUT2D eigenvalue weighted by atomic mass is 10.2. The van der Waals surface area contributed by atoms with E-state index in [0.717, 1.165) is 12.5 Å². The van der Waals surface area contributed by atoms with Crippen molar-refractivity contribution in [1.29, 1.82) is 0 Å². The van der Waals surface area contributed by atoms with E-state index in [4.69, 9.17) is 10.5 Å². The zero-order valence-corrected chi connectivity index (χ0v) is 9.00. The molecule has 3 N–H and O–H groups in total. The molecule has 92 valence electrons. The number of nitrogen functional groups attached to an aromatic ring is 1. The molecule has 0 aromatic heterocycles.